The summed E-state index contributed by atoms with van der Waals surface area (Å²) in [6, 6.07) is 5.82. The number of fused-ring (bicyclic) bond motifs is 1. The van der Waals surface area contributed by atoms with E-state index in [2.05, 4.69) is 18.3 Å². The molecule has 0 radical (unpaired) electrons. The van der Waals surface area contributed by atoms with E-state index < -0.39 is 23.8 Å². The number of carbonyl (C=O) groups is 2. The van der Waals surface area contributed by atoms with Crippen molar-refractivity contribution in [2.24, 2.45) is 5.92 Å². The molecule has 1 aromatic rings. The molecular weight excluding hydrogens is 434 g/mol. The quantitative estimate of drug-likeness (QED) is 0.619. The van der Waals surface area contributed by atoms with Crippen LogP contribution in [0.3, 0.4) is 0 Å². The standard InChI is InChI=1S/C27H37NO6/c1-15-16(2)23(28-26(30)32-8)17(3)22(24(25(29)31-7)34-27(4,5)6)21(15)19-11-12-20-18(14-19)10-9-13-33-20/h11-12,14,16,23-24H,9-10,13H2,1-8H3,(H,28,30). The summed E-state index contributed by atoms with van der Waals surface area (Å²) in [5.74, 6) is 0.389. The molecule has 34 heavy (non-hydrogen) atoms. The zero-order chi connectivity index (χ0) is 25.2. The summed E-state index contributed by atoms with van der Waals surface area (Å²) in [7, 11) is 2.70. The number of hydrogen-bond donors (Lipinski definition) is 1. The molecule has 7 heteroatoms. The Hall–Kier alpha value is -2.80. The second kappa shape index (κ2) is 10.2. The van der Waals surface area contributed by atoms with Gasteiger partial charge >= 0.3 is 12.1 Å². The van der Waals surface area contributed by atoms with E-state index in [0.717, 1.165) is 58.6 Å². The Labute approximate surface area is 202 Å². The fourth-order valence-electron chi connectivity index (χ4n) is 4.77. The summed E-state index contributed by atoms with van der Waals surface area (Å²) < 4.78 is 22.2. The van der Waals surface area contributed by atoms with Crippen molar-refractivity contribution in [2.45, 2.75) is 72.1 Å². The van der Waals surface area contributed by atoms with Crippen molar-refractivity contribution in [3.05, 3.63) is 46.0 Å². The van der Waals surface area contributed by atoms with Crippen LogP contribution in [0.2, 0.25) is 0 Å². The maximum Gasteiger partial charge on any atom is 0.407 e. The van der Waals surface area contributed by atoms with Gasteiger partial charge in [-0.05, 0) is 81.9 Å². The van der Waals surface area contributed by atoms with Crippen LogP contribution in [0.1, 0.15) is 59.1 Å². The van der Waals surface area contributed by atoms with Crippen LogP contribution in [0.5, 0.6) is 5.75 Å². The molecule has 1 aliphatic heterocycles. The molecule has 1 amide bonds. The zero-order valence-electron chi connectivity index (χ0n) is 21.5. The summed E-state index contributed by atoms with van der Waals surface area (Å²) in [6.45, 7) is 12.5. The van der Waals surface area contributed by atoms with E-state index >= 15 is 0 Å². The molecule has 0 spiro atoms. The van der Waals surface area contributed by atoms with E-state index in [0.29, 0.717) is 0 Å². The first-order valence-corrected chi connectivity index (χ1v) is 11.8. The van der Waals surface area contributed by atoms with Gasteiger partial charge in [0.05, 0.1) is 32.5 Å². The molecule has 0 fully saturated rings. The van der Waals surface area contributed by atoms with Gasteiger partial charge in [0, 0.05) is 11.5 Å². The number of benzene rings is 1. The van der Waals surface area contributed by atoms with E-state index in [1.54, 1.807) is 0 Å². The molecule has 0 aromatic heterocycles. The second-order valence-corrected chi connectivity index (χ2v) is 9.96. The van der Waals surface area contributed by atoms with Gasteiger partial charge in [0.15, 0.2) is 6.10 Å². The molecule has 7 nitrogen and oxygen atoms in total. The predicted molar refractivity (Wildman–Crippen MR) is 131 cm³/mol. The SMILES string of the molecule is COC(=O)NC1C(C)=C(C(OC(C)(C)C)C(=O)OC)C(c2ccc3c(c2)CCCO3)=C(C)C1C. The normalized spacial score (nSPS) is 21.4. The van der Waals surface area contributed by atoms with Crippen molar-refractivity contribution in [3.8, 4) is 5.75 Å². The first-order valence-electron chi connectivity index (χ1n) is 11.8. The first kappa shape index (κ1) is 25.8. The molecule has 0 saturated heterocycles. The Balaban J connectivity index is 2.23. The minimum absolute atomic E-state index is 0.0296. The van der Waals surface area contributed by atoms with Crippen LogP contribution in [0, 0.1) is 5.92 Å². The van der Waals surface area contributed by atoms with Crippen molar-refractivity contribution in [3.63, 3.8) is 0 Å². The molecule has 1 N–H and O–H groups in total. The molecule has 3 rings (SSSR count). The highest BCUT2D eigenvalue weighted by molar-refractivity contribution is 5.93. The van der Waals surface area contributed by atoms with Crippen LogP contribution in [-0.2, 0) is 25.4 Å². The van der Waals surface area contributed by atoms with Crippen molar-refractivity contribution in [1.29, 1.82) is 0 Å². The lowest BCUT2D eigenvalue weighted by molar-refractivity contribution is -0.159. The minimum atomic E-state index is -0.961. The fraction of sp³-hybridized carbons (Fsp3) is 0.556. The lowest BCUT2D eigenvalue weighted by atomic mass is 9.73. The van der Waals surface area contributed by atoms with Crippen LogP contribution < -0.4 is 10.1 Å². The van der Waals surface area contributed by atoms with Gasteiger partial charge in [0.25, 0.3) is 0 Å². The molecule has 1 aromatic carbocycles. The molecule has 0 saturated carbocycles. The number of amides is 1. The average molecular weight is 472 g/mol. The number of methoxy groups -OCH3 is 2. The van der Waals surface area contributed by atoms with Gasteiger partial charge in [-0.15, -0.1) is 0 Å². The van der Waals surface area contributed by atoms with Gasteiger partial charge in [0.1, 0.15) is 5.75 Å². The van der Waals surface area contributed by atoms with E-state index in [1.165, 1.54) is 14.2 Å². The van der Waals surface area contributed by atoms with Crippen LogP contribution in [0.15, 0.2) is 34.9 Å². The Kier molecular flexibility index (Phi) is 7.76. The number of alkyl carbamates (subject to hydrolysis) is 1. The molecule has 0 bridgehead atoms. The van der Waals surface area contributed by atoms with E-state index in [4.69, 9.17) is 18.9 Å². The summed E-state index contributed by atoms with van der Waals surface area (Å²) in [6.07, 6.45) is 0.422. The number of aryl methyl sites for hydroxylation is 1. The third-order valence-electron chi connectivity index (χ3n) is 6.54. The monoisotopic (exact) mass is 471 g/mol. The predicted octanol–water partition coefficient (Wildman–Crippen LogP) is 4.83. The highest BCUT2D eigenvalue weighted by Crippen LogP contribution is 2.44. The van der Waals surface area contributed by atoms with Crippen LogP contribution in [0.4, 0.5) is 4.79 Å². The topological polar surface area (TPSA) is 83.1 Å². The second-order valence-electron chi connectivity index (χ2n) is 9.96. The number of esters is 1. The van der Waals surface area contributed by atoms with Gasteiger partial charge in [-0.2, -0.15) is 0 Å². The molecule has 1 heterocycles. The van der Waals surface area contributed by atoms with Crippen molar-refractivity contribution in [2.75, 3.05) is 20.8 Å². The van der Waals surface area contributed by atoms with Gasteiger partial charge in [-0.3, -0.25) is 0 Å². The molecular formula is C27H37NO6. The third-order valence-corrected chi connectivity index (χ3v) is 6.54. The highest BCUT2D eigenvalue weighted by Gasteiger charge is 2.40. The largest absolute Gasteiger partial charge is 0.493 e. The number of hydrogen-bond acceptors (Lipinski definition) is 6. The number of carbonyl (C=O) groups excluding carboxylic acids is 2. The van der Waals surface area contributed by atoms with Gasteiger partial charge in [-0.25, -0.2) is 9.59 Å². The van der Waals surface area contributed by atoms with Crippen molar-refractivity contribution >= 4 is 17.6 Å². The van der Waals surface area contributed by atoms with E-state index in [9.17, 15) is 9.59 Å². The van der Waals surface area contributed by atoms with Gasteiger partial charge in [-0.1, -0.05) is 18.6 Å². The maximum atomic E-state index is 13.1. The third kappa shape index (κ3) is 5.30. The molecule has 3 unspecified atom stereocenters. The van der Waals surface area contributed by atoms with Crippen LogP contribution in [0.25, 0.3) is 5.57 Å². The van der Waals surface area contributed by atoms with Crippen molar-refractivity contribution < 1.29 is 28.5 Å². The number of rotatable bonds is 5. The van der Waals surface area contributed by atoms with Crippen molar-refractivity contribution in [1.82, 2.24) is 5.32 Å². The van der Waals surface area contributed by atoms with Gasteiger partial charge < -0.3 is 24.3 Å². The molecule has 3 atom stereocenters. The highest BCUT2D eigenvalue weighted by atomic mass is 16.6. The molecule has 186 valence electrons. The molecule has 2 aliphatic rings. The van der Waals surface area contributed by atoms with Gasteiger partial charge in [0.2, 0.25) is 0 Å². The summed E-state index contributed by atoms with van der Waals surface area (Å²) in [4.78, 5) is 25.3. The number of ether oxygens (including phenoxy) is 4. The fourth-order valence-corrected chi connectivity index (χ4v) is 4.77. The Morgan fingerprint density at radius 1 is 1.12 bits per heavy atom. The summed E-state index contributed by atoms with van der Waals surface area (Å²) in [5, 5.41) is 2.94. The van der Waals surface area contributed by atoms with Crippen LogP contribution >= 0.6 is 0 Å². The van der Waals surface area contributed by atoms with E-state index in [1.807, 2.05) is 46.8 Å². The summed E-state index contributed by atoms with van der Waals surface area (Å²) >= 11 is 0. The Morgan fingerprint density at radius 3 is 2.44 bits per heavy atom. The lowest BCUT2D eigenvalue weighted by Gasteiger charge is -2.39. The zero-order valence-corrected chi connectivity index (χ0v) is 21.5. The first-order chi connectivity index (χ1) is 16.0. The lowest BCUT2D eigenvalue weighted by Crippen LogP contribution is -2.46. The van der Waals surface area contributed by atoms with E-state index in [-0.39, 0.29) is 12.0 Å². The smallest absolute Gasteiger partial charge is 0.407 e. The summed E-state index contributed by atoms with van der Waals surface area (Å²) in [5.41, 5.74) is 5.08. The Bertz CT molecular complexity index is 1020. The molecule has 1 aliphatic carbocycles. The van der Waals surface area contributed by atoms with Crippen LogP contribution in [-0.4, -0.2) is 50.6 Å². The Morgan fingerprint density at radius 2 is 1.82 bits per heavy atom. The minimum Gasteiger partial charge on any atom is -0.493 e. The number of nitrogens with one attached hydrogen (secondary N) is 1. The average Bonchev–Trinajstić information content (AvgIpc) is 2.81. The maximum absolute atomic E-state index is 13.1.